The highest BCUT2D eigenvalue weighted by atomic mass is 16.6. The fourth-order valence-corrected chi connectivity index (χ4v) is 3.13. The summed E-state index contributed by atoms with van der Waals surface area (Å²) in [6.07, 6.45) is 4.88. The second kappa shape index (κ2) is 12.7. The Morgan fingerprint density at radius 1 is 1.00 bits per heavy atom. The maximum atomic E-state index is 6.13. The molecule has 31 heavy (non-hydrogen) atoms. The lowest BCUT2D eigenvalue weighted by Gasteiger charge is -2.18. The quantitative estimate of drug-likeness (QED) is 0.234. The average Bonchev–Trinajstić information content (AvgIpc) is 2.74. The molecule has 1 atom stereocenters. The number of rotatable bonds is 12. The van der Waals surface area contributed by atoms with E-state index in [9.17, 15) is 0 Å². The second-order valence-electron chi connectivity index (χ2n) is 7.70. The van der Waals surface area contributed by atoms with Crippen molar-refractivity contribution < 1.29 is 19.0 Å². The van der Waals surface area contributed by atoms with Crippen LogP contribution in [0.25, 0.3) is 0 Å². The van der Waals surface area contributed by atoms with Gasteiger partial charge in [-0.1, -0.05) is 24.2 Å². The number of hydrogen-bond donors (Lipinski definition) is 0. The van der Waals surface area contributed by atoms with Crippen molar-refractivity contribution in [3.63, 3.8) is 0 Å². The van der Waals surface area contributed by atoms with E-state index < -0.39 is 0 Å². The summed E-state index contributed by atoms with van der Waals surface area (Å²) in [5.41, 5.74) is 4.03. The summed E-state index contributed by atoms with van der Waals surface area (Å²) in [5.74, 6) is 3.04. The second-order valence-corrected chi connectivity index (χ2v) is 7.70. The number of oxime groups is 1. The van der Waals surface area contributed by atoms with Gasteiger partial charge < -0.3 is 19.0 Å². The maximum absolute atomic E-state index is 6.13. The third kappa shape index (κ3) is 8.00. The van der Waals surface area contributed by atoms with Crippen LogP contribution in [-0.2, 0) is 4.84 Å². The summed E-state index contributed by atoms with van der Waals surface area (Å²) < 4.78 is 17.8. The monoisotopic (exact) mass is 425 g/mol. The van der Waals surface area contributed by atoms with E-state index in [2.05, 4.69) is 25.9 Å². The van der Waals surface area contributed by atoms with Crippen molar-refractivity contribution in [2.24, 2.45) is 11.1 Å². The van der Waals surface area contributed by atoms with Gasteiger partial charge in [0.25, 0.3) is 0 Å². The molecule has 0 aliphatic heterocycles. The zero-order valence-electron chi connectivity index (χ0n) is 19.6. The summed E-state index contributed by atoms with van der Waals surface area (Å²) in [4.78, 5) is 4.81. The Morgan fingerprint density at radius 2 is 1.68 bits per heavy atom. The zero-order chi connectivity index (χ0) is 22.6. The molecule has 1 unspecified atom stereocenters. The Kier molecular flexibility index (Phi) is 9.95. The fraction of sp³-hybridized carbons (Fsp3) is 0.423. The van der Waals surface area contributed by atoms with Gasteiger partial charge in [-0.3, -0.25) is 0 Å². The first kappa shape index (κ1) is 24.3. The largest absolute Gasteiger partial charge is 0.494 e. The van der Waals surface area contributed by atoms with Crippen LogP contribution in [0.5, 0.6) is 17.2 Å². The molecule has 0 spiro atoms. The predicted octanol–water partition coefficient (Wildman–Crippen LogP) is 6.11. The molecule has 2 aromatic carbocycles. The Morgan fingerprint density at radius 3 is 2.29 bits per heavy atom. The van der Waals surface area contributed by atoms with Crippen molar-refractivity contribution in [2.75, 3.05) is 26.9 Å². The fourth-order valence-electron chi connectivity index (χ4n) is 3.13. The molecular weight excluding hydrogens is 390 g/mol. The molecule has 0 aromatic heterocycles. The molecule has 168 valence electrons. The van der Waals surface area contributed by atoms with E-state index in [0.29, 0.717) is 25.7 Å². The zero-order valence-corrected chi connectivity index (χ0v) is 19.6. The Balaban J connectivity index is 1.79. The number of hydrogen-bond acceptors (Lipinski definition) is 5. The lowest BCUT2D eigenvalue weighted by molar-refractivity contribution is 0.213. The van der Waals surface area contributed by atoms with Crippen molar-refractivity contribution in [1.29, 1.82) is 0 Å². The van der Waals surface area contributed by atoms with E-state index in [-0.39, 0.29) is 0 Å². The molecule has 0 fully saturated rings. The van der Waals surface area contributed by atoms with Gasteiger partial charge in [0.05, 0.1) is 18.9 Å². The standard InChI is InChI=1S/C26H35NO4/c1-7-8-14-29-25-16-20(3)26(21(4)17-25)31-18-19(2)13-15-30-24-11-9-23(10-12-24)22(5)27-28-6/h7-12,16-17,19H,13-15,18H2,1-6H3/b8-7+,27-22-. The van der Waals surface area contributed by atoms with E-state index in [1.807, 2.05) is 62.4 Å². The molecule has 5 heteroatoms. The lowest BCUT2D eigenvalue weighted by Crippen LogP contribution is -2.13. The molecular formula is C26H35NO4. The van der Waals surface area contributed by atoms with Crippen molar-refractivity contribution in [2.45, 2.75) is 41.0 Å². The highest BCUT2D eigenvalue weighted by Gasteiger charge is 2.10. The minimum atomic E-state index is 0.375. The van der Waals surface area contributed by atoms with Crippen LogP contribution < -0.4 is 14.2 Å². The van der Waals surface area contributed by atoms with Crippen molar-refractivity contribution in [1.82, 2.24) is 0 Å². The van der Waals surface area contributed by atoms with Crippen LogP contribution in [0.4, 0.5) is 0 Å². The van der Waals surface area contributed by atoms with Crippen LogP contribution in [0.15, 0.2) is 53.7 Å². The molecule has 0 amide bonds. The summed E-state index contributed by atoms with van der Waals surface area (Å²) >= 11 is 0. The van der Waals surface area contributed by atoms with Crippen LogP contribution in [0.1, 0.15) is 43.9 Å². The Labute approximate surface area is 186 Å². The van der Waals surface area contributed by atoms with Crippen LogP contribution >= 0.6 is 0 Å². The van der Waals surface area contributed by atoms with Crippen molar-refractivity contribution >= 4 is 5.71 Å². The number of allylic oxidation sites excluding steroid dienone is 1. The topological polar surface area (TPSA) is 49.3 Å². The molecule has 0 heterocycles. The smallest absolute Gasteiger partial charge is 0.125 e. The lowest BCUT2D eigenvalue weighted by atomic mass is 10.1. The van der Waals surface area contributed by atoms with Gasteiger partial charge in [-0.05, 0) is 93.1 Å². The van der Waals surface area contributed by atoms with Gasteiger partial charge in [0.2, 0.25) is 0 Å². The molecule has 5 nitrogen and oxygen atoms in total. The summed E-state index contributed by atoms with van der Waals surface area (Å²) in [7, 11) is 1.55. The summed E-state index contributed by atoms with van der Waals surface area (Å²) in [6, 6.07) is 11.9. The molecule has 0 bridgehead atoms. The molecule has 0 saturated carbocycles. The highest BCUT2D eigenvalue weighted by molar-refractivity contribution is 5.98. The van der Waals surface area contributed by atoms with Crippen LogP contribution in [0.2, 0.25) is 0 Å². The summed E-state index contributed by atoms with van der Waals surface area (Å²) in [6.45, 7) is 12.1. The first-order chi connectivity index (χ1) is 14.9. The third-order valence-corrected chi connectivity index (χ3v) is 4.91. The molecule has 0 aliphatic rings. The Bertz CT molecular complexity index is 848. The molecule has 0 aliphatic carbocycles. The van der Waals surface area contributed by atoms with Gasteiger partial charge >= 0.3 is 0 Å². The van der Waals surface area contributed by atoms with Gasteiger partial charge in [0.15, 0.2) is 0 Å². The number of benzene rings is 2. The Hall–Kier alpha value is -2.95. The van der Waals surface area contributed by atoms with E-state index >= 15 is 0 Å². The first-order valence-electron chi connectivity index (χ1n) is 10.7. The van der Waals surface area contributed by atoms with E-state index in [1.54, 1.807) is 7.11 Å². The van der Waals surface area contributed by atoms with Gasteiger partial charge in [-0.15, -0.1) is 0 Å². The van der Waals surface area contributed by atoms with Gasteiger partial charge in [0.1, 0.15) is 31.0 Å². The normalized spacial score (nSPS) is 12.6. The number of nitrogens with zero attached hydrogens (tertiary/aromatic N) is 1. The van der Waals surface area contributed by atoms with Crippen LogP contribution in [0.3, 0.4) is 0 Å². The minimum Gasteiger partial charge on any atom is -0.494 e. The third-order valence-electron chi connectivity index (χ3n) is 4.91. The SMILES string of the molecule is C/C=C/COc1cc(C)c(OCC(C)CCOc2ccc(/C(C)=N\OC)cc2)c(C)c1. The minimum absolute atomic E-state index is 0.375. The summed E-state index contributed by atoms with van der Waals surface area (Å²) in [5, 5.41) is 3.94. The van der Waals surface area contributed by atoms with E-state index in [1.165, 1.54) is 0 Å². The average molecular weight is 426 g/mol. The maximum Gasteiger partial charge on any atom is 0.125 e. The number of aryl methyl sites for hydroxylation is 2. The van der Waals surface area contributed by atoms with Gasteiger partial charge in [-0.2, -0.15) is 0 Å². The van der Waals surface area contributed by atoms with Crippen LogP contribution in [-0.4, -0.2) is 32.6 Å². The molecule has 2 aromatic rings. The molecule has 2 rings (SSSR count). The molecule has 0 radical (unpaired) electrons. The van der Waals surface area contributed by atoms with E-state index in [4.69, 9.17) is 19.0 Å². The first-order valence-corrected chi connectivity index (χ1v) is 10.7. The van der Waals surface area contributed by atoms with Crippen LogP contribution in [0, 0.1) is 19.8 Å². The molecule has 0 N–H and O–H groups in total. The van der Waals surface area contributed by atoms with E-state index in [0.717, 1.165) is 46.1 Å². The van der Waals surface area contributed by atoms with Gasteiger partial charge in [0, 0.05) is 0 Å². The van der Waals surface area contributed by atoms with Crippen molar-refractivity contribution in [3.05, 3.63) is 65.2 Å². The predicted molar refractivity (Wildman–Crippen MR) is 127 cm³/mol. The molecule has 0 saturated heterocycles. The highest BCUT2D eigenvalue weighted by Crippen LogP contribution is 2.29. The van der Waals surface area contributed by atoms with Crippen molar-refractivity contribution in [3.8, 4) is 17.2 Å². The van der Waals surface area contributed by atoms with Gasteiger partial charge in [-0.25, -0.2) is 0 Å². The number of ether oxygens (including phenoxy) is 3.